The van der Waals surface area contributed by atoms with Crippen LogP contribution < -0.4 is 9.47 Å². The van der Waals surface area contributed by atoms with Gasteiger partial charge >= 0.3 is 0 Å². The number of hydrogen-bond acceptors (Lipinski definition) is 8. The summed E-state index contributed by atoms with van der Waals surface area (Å²) in [6, 6.07) is 9.23. The predicted octanol–water partition coefficient (Wildman–Crippen LogP) is 4.08. The van der Waals surface area contributed by atoms with Crippen LogP contribution in [-0.2, 0) is 21.2 Å². The molecule has 2 aromatic rings. The van der Waals surface area contributed by atoms with Gasteiger partial charge in [0, 0.05) is 11.8 Å². The van der Waals surface area contributed by atoms with Crippen molar-refractivity contribution in [2.45, 2.75) is 13.5 Å². The van der Waals surface area contributed by atoms with E-state index in [0.29, 0.717) is 22.9 Å². The van der Waals surface area contributed by atoms with E-state index in [1.165, 1.54) is 18.2 Å². The molecule has 0 bridgehead atoms. The van der Waals surface area contributed by atoms with Gasteiger partial charge in [-0.1, -0.05) is 29.8 Å². The summed E-state index contributed by atoms with van der Waals surface area (Å²) in [5.41, 5.74) is 0.624. The van der Waals surface area contributed by atoms with Crippen LogP contribution in [-0.4, -0.2) is 47.6 Å². The highest BCUT2D eigenvalue weighted by atomic mass is 35.5. The minimum atomic E-state index is -3.64. The van der Waals surface area contributed by atoms with Crippen LogP contribution >= 0.6 is 23.4 Å². The molecule has 2 heterocycles. The molecule has 2 aliphatic heterocycles. The zero-order chi connectivity index (χ0) is 25.3. The van der Waals surface area contributed by atoms with Crippen molar-refractivity contribution in [1.29, 1.82) is 5.41 Å². The fraction of sp³-hybridized carbons (Fsp3) is 0.182. The van der Waals surface area contributed by atoms with E-state index >= 15 is 0 Å². The van der Waals surface area contributed by atoms with Crippen LogP contribution in [0.15, 0.2) is 52.1 Å². The van der Waals surface area contributed by atoms with E-state index in [1.54, 1.807) is 31.2 Å². The number of fused-ring (bicyclic) bond motifs is 1. The quantitative estimate of drug-likeness (QED) is 0.552. The van der Waals surface area contributed by atoms with Crippen molar-refractivity contribution in [2.75, 3.05) is 12.9 Å². The van der Waals surface area contributed by atoms with Crippen LogP contribution in [0.25, 0.3) is 6.08 Å². The van der Waals surface area contributed by atoms with E-state index in [1.807, 2.05) is 0 Å². The molecule has 0 spiro atoms. The Morgan fingerprint density at radius 3 is 2.69 bits per heavy atom. The lowest BCUT2D eigenvalue weighted by atomic mass is 10.1. The number of rotatable bonds is 6. The molecule has 2 aliphatic rings. The number of hydrazone groups is 1. The van der Waals surface area contributed by atoms with Gasteiger partial charge in [0.05, 0.1) is 17.2 Å². The van der Waals surface area contributed by atoms with E-state index in [2.05, 4.69) is 10.1 Å². The summed E-state index contributed by atoms with van der Waals surface area (Å²) in [4.78, 5) is 16.5. The van der Waals surface area contributed by atoms with Crippen molar-refractivity contribution >= 4 is 60.6 Å². The Bertz CT molecular complexity index is 1440. The number of ether oxygens (including phenoxy) is 2. The first-order valence-corrected chi connectivity index (χ1v) is 13.2. The van der Waals surface area contributed by atoms with Gasteiger partial charge in [-0.05, 0) is 48.5 Å². The topological polar surface area (TPSA) is 121 Å². The molecule has 0 radical (unpaired) electrons. The third-order valence-electron chi connectivity index (χ3n) is 4.73. The van der Waals surface area contributed by atoms with Crippen molar-refractivity contribution in [3.05, 3.63) is 63.9 Å². The fourth-order valence-corrected chi connectivity index (χ4v) is 5.09. The molecular weight excluding hydrogens is 519 g/mol. The molecule has 0 unspecified atom stereocenters. The molecule has 0 aromatic heterocycles. The van der Waals surface area contributed by atoms with Crippen LogP contribution in [0.2, 0.25) is 5.02 Å². The van der Waals surface area contributed by atoms with Gasteiger partial charge < -0.3 is 9.47 Å². The van der Waals surface area contributed by atoms with E-state index < -0.39 is 21.6 Å². The number of amides is 1. The molecule has 182 valence electrons. The molecule has 1 amide bonds. The molecule has 2 aromatic carbocycles. The molecule has 0 atom stereocenters. The predicted molar refractivity (Wildman–Crippen MR) is 133 cm³/mol. The molecule has 0 aliphatic carbocycles. The van der Waals surface area contributed by atoms with Gasteiger partial charge in [0.2, 0.25) is 19.4 Å². The smallest absolute Gasteiger partial charge is 0.283 e. The molecule has 0 fully saturated rings. The summed E-state index contributed by atoms with van der Waals surface area (Å²) in [5.74, 6) is -1.02. The van der Waals surface area contributed by atoms with Crippen LogP contribution in [0.1, 0.15) is 18.1 Å². The maximum Gasteiger partial charge on any atom is 0.283 e. The first kappa shape index (κ1) is 24.9. The van der Waals surface area contributed by atoms with Crippen LogP contribution in [0, 0.1) is 11.2 Å². The van der Waals surface area contributed by atoms with Crippen molar-refractivity contribution < 1.29 is 27.1 Å². The van der Waals surface area contributed by atoms with Gasteiger partial charge in [-0.25, -0.2) is 12.8 Å². The maximum atomic E-state index is 14.0. The second-order valence-electron chi connectivity index (χ2n) is 7.30. The maximum absolute atomic E-state index is 14.0. The second kappa shape index (κ2) is 9.80. The Balaban J connectivity index is 1.66. The molecule has 35 heavy (non-hydrogen) atoms. The average molecular weight is 537 g/mol. The Kier molecular flexibility index (Phi) is 6.97. The van der Waals surface area contributed by atoms with Gasteiger partial charge in [0.25, 0.3) is 5.91 Å². The van der Waals surface area contributed by atoms with Gasteiger partial charge in [0.15, 0.2) is 17.3 Å². The van der Waals surface area contributed by atoms with E-state index in [4.69, 9.17) is 26.5 Å². The lowest BCUT2D eigenvalue weighted by Gasteiger charge is -2.20. The van der Waals surface area contributed by atoms with Gasteiger partial charge in [0.1, 0.15) is 12.4 Å². The third-order valence-corrected chi connectivity index (χ3v) is 7.58. The van der Waals surface area contributed by atoms with Gasteiger partial charge in [-0.3, -0.25) is 10.2 Å². The number of carbonyl (C=O) groups excluding carboxylic acids is 1. The third kappa shape index (κ3) is 5.24. The summed E-state index contributed by atoms with van der Waals surface area (Å²) in [6.45, 7) is 1.96. The molecule has 13 heteroatoms. The minimum absolute atomic E-state index is 0.0116. The lowest BCUT2D eigenvalue weighted by Crippen LogP contribution is -2.35. The number of thioether (sulfide) groups is 1. The second-order valence-corrected chi connectivity index (χ2v) is 10.9. The summed E-state index contributed by atoms with van der Waals surface area (Å²) >= 11 is 7.13. The largest absolute Gasteiger partial charge is 0.490 e. The Morgan fingerprint density at radius 2 is 2.00 bits per heavy atom. The SMILES string of the molecule is CCOc1cc(/C=C2\C(=N)N3N=C(S(C)(=O)=O)SC3=NC2=O)cc(Cl)c1OCc1ccccc1F. The average Bonchev–Trinajstić information content (AvgIpc) is 3.22. The lowest BCUT2D eigenvalue weighted by molar-refractivity contribution is -0.114. The van der Waals surface area contributed by atoms with Crippen molar-refractivity contribution in [3.8, 4) is 11.5 Å². The van der Waals surface area contributed by atoms with E-state index in [9.17, 15) is 17.6 Å². The number of halogens is 2. The molecular formula is C22H18ClFN4O5S2. The number of nitrogens with zero attached hydrogens (tertiary/aromatic N) is 3. The van der Waals surface area contributed by atoms with Crippen molar-refractivity contribution in [2.24, 2.45) is 10.1 Å². The van der Waals surface area contributed by atoms with E-state index in [0.717, 1.165) is 11.3 Å². The fourth-order valence-electron chi connectivity index (χ4n) is 3.13. The Hall–Kier alpha value is -3.22. The van der Waals surface area contributed by atoms with Crippen LogP contribution in [0.5, 0.6) is 11.5 Å². The summed E-state index contributed by atoms with van der Waals surface area (Å²) < 4.78 is 48.7. The molecule has 4 rings (SSSR count). The molecule has 9 nitrogen and oxygen atoms in total. The van der Waals surface area contributed by atoms with Crippen molar-refractivity contribution in [1.82, 2.24) is 5.01 Å². The molecule has 0 saturated carbocycles. The number of benzene rings is 2. The highest BCUT2D eigenvalue weighted by Gasteiger charge is 2.38. The highest BCUT2D eigenvalue weighted by molar-refractivity contribution is 8.42. The zero-order valence-electron chi connectivity index (χ0n) is 18.4. The summed E-state index contributed by atoms with van der Waals surface area (Å²) in [5, 5.41) is 13.4. The Labute approximate surface area is 209 Å². The van der Waals surface area contributed by atoms with Crippen LogP contribution in [0.3, 0.4) is 0 Å². The first-order valence-electron chi connectivity index (χ1n) is 10.1. The molecule has 1 N–H and O–H groups in total. The number of nitrogens with one attached hydrogen (secondary N) is 1. The first-order chi connectivity index (χ1) is 16.6. The zero-order valence-corrected chi connectivity index (χ0v) is 20.8. The number of carbonyl (C=O) groups is 1. The minimum Gasteiger partial charge on any atom is -0.490 e. The van der Waals surface area contributed by atoms with Crippen molar-refractivity contribution in [3.63, 3.8) is 0 Å². The van der Waals surface area contributed by atoms with Crippen LogP contribution in [0.4, 0.5) is 4.39 Å². The Morgan fingerprint density at radius 1 is 1.26 bits per heavy atom. The van der Waals surface area contributed by atoms with Gasteiger partial charge in [-0.15, -0.1) is 5.10 Å². The number of aliphatic imine (C=N–C) groups is 1. The monoisotopic (exact) mass is 536 g/mol. The van der Waals surface area contributed by atoms with E-state index in [-0.39, 0.29) is 50.7 Å². The summed E-state index contributed by atoms with van der Waals surface area (Å²) in [6.07, 6.45) is 2.35. The highest BCUT2D eigenvalue weighted by Crippen LogP contribution is 2.38. The normalized spacial score (nSPS) is 16.8. The van der Waals surface area contributed by atoms with Gasteiger partial charge in [-0.2, -0.15) is 10.0 Å². The number of sulfone groups is 1. The number of hydrogen-bond donors (Lipinski definition) is 1. The molecule has 0 saturated heterocycles. The number of amidine groups is 2. The standard InChI is InChI=1S/C22H18ClFN4O5S2/c1-3-32-17-10-12(9-15(23)18(17)33-11-13-6-4-5-7-16(13)24)8-14-19(25)28-21(26-20(14)29)34-22(27-28)35(2,30)31/h4-10,25H,3,11H2,1-2H3/b14-8+,25-19?. The summed E-state index contributed by atoms with van der Waals surface area (Å²) in [7, 11) is -3.64.